The minimum Gasteiger partial charge on any atom is -0.395 e. The predicted octanol–water partition coefficient (Wildman–Crippen LogP) is 6.43. The number of benzene rings is 1. The van der Waals surface area contributed by atoms with Crippen molar-refractivity contribution in [1.82, 2.24) is 4.72 Å². The molecular formula is C23H28ClN3OS2. The normalized spacial score (nSPS) is 18.5. The van der Waals surface area contributed by atoms with Crippen molar-refractivity contribution in [3.63, 3.8) is 0 Å². The summed E-state index contributed by atoms with van der Waals surface area (Å²) in [6.45, 7) is 2.34. The number of aliphatic imine (C=N–C) groups is 1. The fourth-order valence-electron chi connectivity index (χ4n) is 3.45. The molecule has 0 amide bonds. The largest absolute Gasteiger partial charge is 0.395 e. The topological polar surface area (TPSA) is 56.7 Å². The van der Waals surface area contributed by atoms with Crippen molar-refractivity contribution in [2.75, 3.05) is 18.4 Å². The highest BCUT2D eigenvalue weighted by atomic mass is 35.5. The average Bonchev–Trinajstić information content (AvgIpc) is 3.68. The highest BCUT2D eigenvalue weighted by Gasteiger charge is 2.45. The van der Waals surface area contributed by atoms with Gasteiger partial charge in [0.25, 0.3) is 0 Å². The Hall–Kier alpha value is -1.31. The van der Waals surface area contributed by atoms with Crippen LogP contribution in [0, 0.1) is 5.41 Å². The van der Waals surface area contributed by atoms with E-state index in [1.165, 1.54) is 36.1 Å². The molecule has 2 aliphatic rings. The maximum absolute atomic E-state index is 9.77. The summed E-state index contributed by atoms with van der Waals surface area (Å²) in [5.41, 5.74) is 5.39. The number of nitrogens with one attached hydrogen (secondary N) is 2. The van der Waals surface area contributed by atoms with Crippen LogP contribution in [0.4, 0.5) is 5.69 Å². The van der Waals surface area contributed by atoms with Crippen LogP contribution in [0.15, 0.2) is 40.7 Å². The van der Waals surface area contributed by atoms with E-state index in [-0.39, 0.29) is 12.0 Å². The highest BCUT2D eigenvalue weighted by Crippen LogP contribution is 2.47. The van der Waals surface area contributed by atoms with Crippen LogP contribution in [0.1, 0.15) is 44.6 Å². The quantitative estimate of drug-likeness (QED) is 0.282. The molecule has 2 aliphatic carbocycles. The lowest BCUT2D eigenvalue weighted by atomic mass is 9.95. The number of anilines is 1. The van der Waals surface area contributed by atoms with Gasteiger partial charge in [-0.3, -0.25) is 4.99 Å². The molecule has 0 unspecified atom stereocenters. The fourth-order valence-corrected chi connectivity index (χ4v) is 5.47. The SMILES string of the molecule is CC/C(=C\C(=NC)C1(CO)CC1)c1csc(-c2ccc(NSNC3CC3)cc2Cl)c1. The molecule has 30 heavy (non-hydrogen) atoms. The van der Waals surface area contributed by atoms with Gasteiger partial charge in [-0.15, -0.1) is 11.3 Å². The van der Waals surface area contributed by atoms with Gasteiger partial charge in [0.05, 0.1) is 11.6 Å². The first-order valence-electron chi connectivity index (χ1n) is 10.4. The van der Waals surface area contributed by atoms with E-state index >= 15 is 0 Å². The number of hydrogen-bond acceptors (Lipinski definition) is 6. The zero-order chi connectivity index (χ0) is 21.1. The molecule has 0 aliphatic heterocycles. The van der Waals surface area contributed by atoms with E-state index in [1.54, 1.807) is 11.3 Å². The van der Waals surface area contributed by atoms with Crippen LogP contribution in [0.2, 0.25) is 5.02 Å². The first-order valence-corrected chi connectivity index (χ1v) is 12.5. The number of aliphatic hydroxyl groups is 1. The molecule has 2 aromatic rings. The monoisotopic (exact) mass is 461 g/mol. The van der Waals surface area contributed by atoms with Gasteiger partial charge in [-0.05, 0) is 79.0 Å². The standard InChI is InChI=1S/C23H28ClN3OS2/c1-3-15(11-22(25-2)23(14-28)8-9-23)16-10-21(29-13-16)19-7-6-18(12-20(19)24)27-30-26-17-4-5-17/h6-7,10-13,17,26-28H,3-5,8-9,14H2,1-2H3/b15-11+,25-22?. The Morgan fingerprint density at radius 3 is 2.77 bits per heavy atom. The van der Waals surface area contributed by atoms with Crippen molar-refractivity contribution in [2.24, 2.45) is 10.4 Å². The molecule has 7 heteroatoms. The Kier molecular flexibility index (Phi) is 6.90. The van der Waals surface area contributed by atoms with Crippen molar-refractivity contribution in [1.29, 1.82) is 0 Å². The zero-order valence-corrected chi connectivity index (χ0v) is 19.8. The Labute approximate surface area is 192 Å². The number of rotatable bonds is 10. The second kappa shape index (κ2) is 9.45. The van der Waals surface area contributed by atoms with Crippen molar-refractivity contribution in [3.8, 4) is 10.4 Å². The number of thiophene rings is 1. The molecule has 0 saturated heterocycles. The minimum absolute atomic E-state index is 0.119. The summed E-state index contributed by atoms with van der Waals surface area (Å²) in [5, 5.41) is 12.7. The molecule has 160 valence electrons. The number of allylic oxidation sites excluding steroid dienone is 2. The summed E-state index contributed by atoms with van der Waals surface area (Å²) in [6, 6.07) is 8.99. The summed E-state index contributed by atoms with van der Waals surface area (Å²) in [5.74, 6) is 0. The maximum Gasteiger partial charge on any atom is 0.0542 e. The lowest BCUT2D eigenvalue weighted by Gasteiger charge is -2.13. The van der Waals surface area contributed by atoms with Crippen molar-refractivity contribution in [2.45, 2.75) is 45.1 Å². The molecular weight excluding hydrogens is 434 g/mol. The van der Waals surface area contributed by atoms with E-state index in [2.05, 4.69) is 51.0 Å². The van der Waals surface area contributed by atoms with Gasteiger partial charge < -0.3 is 9.83 Å². The van der Waals surface area contributed by atoms with Gasteiger partial charge in [-0.1, -0.05) is 18.5 Å². The lowest BCUT2D eigenvalue weighted by molar-refractivity contribution is 0.252. The van der Waals surface area contributed by atoms with Gasteiger partial charge in [0.15, 0.2) is 0 Å². The summed E-state index contributed by atoms with van der Waals surface area (Å²) >= 11 is 9.84. The Balaban J connectivity index is 1.50. The third-order valence-corrected chi connectivity index (χ3v) is 7.87. The van der Waals surface area contributed by atoms with Crippen LogP contribution in [-0.4, -0.2) is 30.5 Å². The number of aliphatic hydroxyl groups excluding tert-OH is 1. The molecule has 2 fully saturated rings. The van der Waals surface area contributed by atoms with Crippen LogP contribution in [0.5, 0.6) is 0 Å². The smallest absolute Gasteiger partial charge is 0.0542 e. The van der Waals surface area contributed by atoms with E-state index < -0.39 is 0 Å². The van der Waals surface area contributed by atoms with Gasteiger partial charge in [0.1, 0.15) is 0 Å². The average molecular weight is 462 g/mol. The molecule has 0 bridgehead atoms. The van der Waals surface area contributed by atoms with Crippen molar-refractivity contribution >= 4 is 52.0 Å². The van der Waals surface area contributed by atoms with Gasteiger partial charge in [0, 0.05) is 52.5 Å². The van der Waals surface area contributed by atoms with Crippen LogP contribution < -0.4 is 9.44 Å². The minimum atomic E-state index is -0.119. The number of hydrogen-bond donors (Lipinski definition) is 3. The molecule has 0 spiro atoms. The summed E-state index contributed by atoms with van der Waals surface area (Å²) in [6.07, 6.45) is 7.64. The first-order chi connectivity index (χ1) is 14.6. The van der Waals surface area contributed by atoms with E-state index in [9.17, 15) is 5.11 Å². The molecule has 1 aromatic carbocycles. The van der Waals surface area contributed by atoms with Crippen molar-refractivity contribution < 1.29 is 5.11 Å². The fraction of sp³-hybridized carbons (Fsp3) is 0.435. The molecule has 0 atom stereocenters. The molecule has 0 radical (unpaired) electrons. The summed E-state index contributed by atoms with van der Waals surface area (Å²) in [4.78, 5) is 5.64. The molecule has 1 heterocycles. The summed E-state index contributed by atoms with van der Waals surface area (Å²) in [7, 11) is 1.82. The highest BCUT2D eigenvalue weighted by molar-refractivity contribution is 7.98. The van der Waals surface area contributed by atoms with E-state index in [1.807, 2.05) is 13.1 Å². The number of halogens is 1. The molecule has 3 N–H and O–H groups in total. The van der Waals surface area contributed by atoms with Crippen molar-refractivity contribution in [3.05, 3.63) is 46.3 Å². The van der Waals surface area contributed by atoms with Crippen LogP contribution in [0.3, 0.4) is 0 Å². The third-order valence-electron chi connectivity index (χ3n) is 5.81. The van der Waals surface area contributed by atoms with Crippen LogP contribution in [0.25, 0.3) is 16.0 Å². The second-order valence-corrected chi connectivity index (χ2v) is 10.0. The maximum atomic E-state index is 9.77. The molecule has 4 nitrogen and oxygen atoms in total. The zero-order valence-electron chi connectivity index (χ0n) is 17.4. The van der Waals surface area contributed by atoms with Gasteiger partial charge >= 0.3 is 0 Å². The second-order valence-electron chi connectivity index (χ2n) is 8.06. The van der Waals surface area contributed by atoms with Crippen LogP contribution >= 0.6 is 35.1 Å². The Bertz CT molecular complexity index is 961. The number of nitrogens with zero attached hydrogens (tertiary/aromatic N) is 1. The van der Waals surface area contributed by atoms with E-state index in [0.717, 1.165) is 46.1 Å². The molecule has 2 saturated carbocycles. The van der Waals surface area contributed by atoms with Gasteiger partial charge in [0.2, 0.25) is 0 Å². The molecule has 4 rings (SSSR count). The Morgan fingerprint density at radius 2 is 2.17 bits per heavy atom. The summed E-state index contributed by atoms with van der Waals surface area (Å²) < 4.78 is 6.67. The lowest BCUT2D eigenvalue weighted by Crippen LogP contribution is -2.18. The first kappa shape index (κ1) is 21.9. The molecule has 1 aromatic heterocycles. The van der Waals surface area contributed by atoms with Gasteiger partial charge in [-0.25, -0.2) is 4.72 Å². The third kappa shape index (κ3) is 4.94. The Morgan fingerprint density at radius 1 is 1.37 bits per heavy atom. The van der Waals surface area contributed by atoms with E-state index in [4.69, 9.17) is 11.6 Å². The predicted molar refractivity (Wildman–Crippen MR) is 133 cm³/mol. The van der Waals surface area contributed by atoms with E-state index in [0.29, 0.717) is 6.04 Å². The van der Waals surface area contributed by atoms with Gasteiger partial charge in [-0.2, -0.15) is 0 Å². The van der Waals surface area contributed by atoms with Crippen LogP contribution in [-0.2, 0) is 0 Å².